The molecule has 0 atom stereocenters. The molecule has 0 spiro atoms. The molecule has 1 amide bonds. The number of hydrogen-bond donors (Lipinski definition) is 2. The van der Waals surface area contributed by atoms with Crippen molar-refractivity contribution >= 4 is 22.6 Å². The van der Waals surface area contributed by atoms with Gasteiger partial charge in [0.1, 0.15) is 0 Å². The Labute approximate surface area is 152 Å². The maximum Gasteiger partial charge on any atom is 0.255 e. The Morgan fingerprint density at radius 3 is 2.73 bits per heavy atom. The minimum absolute atomic E-state index is 0.116. The van der Waals surface area contributed by atoms with Gasteiger partial charge in [-0.2, -0.15) is 5.10 Å². The lowest BCUT2D eigenvalue weighted by Gasteiger charge is -2.28. The van der Waals surface area contributed by atoms with Gasteiger partial charge >= 0.3 is 0 Å². The van der Waals surface area contributed by atoms with Gasteiger partial charge in [-0.3, -0.25) is 4.79 Å². The van der Waals surface area contributed by atoms with Crippen LogP contribution in [0.15, 0.2) is 42.7 Å². The number of carbonyl (C=O) groups is 1. The average molecular weight is 349 g/mol. The fourth-order valence-electron chi connectivity index (χ4n) is 3.22. The number of carbonyl (C=O) groups excluding carboxylic acids is 1. The molecule has 1 fully saturated rings. The third-order valence-electron chi connectivity index (χ3n) is 4.96. The van der Waals surface area contributed by atoms with Crippen LogP contribution < -0.4 is 10.6 Å². The summed E-state index contributed by atoms with van der Waals surface area (Å²) in [6.07, 6.45) is 6.97. The molecule has 2 aromatic heterocycles. The van der Waals surface area contributed by atoms with Gasteiger partial charge in [0.25, 0.3) is 5.91 Å². The zero-order valence-corrected chi connectivity index (χ0v) is 14.9. The van der Waals surface area contributed by atoms with E-state index in [4.69, 9.17) is 0 Å². The highest BCUT2D eigenvalue weighted by Crippen LogP contribution is 2.30. The standard InChI is InChI=1S/C20H23N5O/c1-2-25-19-16(13-23-25)18(24-15-9-6-10-15)17(12-21-19)20(26)22-11-14-7-4-3-5-8-14/h3-5,7-8,12-13,15H,2,6,9-11H2,1H3,(H,21,24)(H,22,26). The van der Waals surface area contributed by atoms with Crippen molar-refractivity contribution in [3.05, 3.63) is 53.9 Å². The normalized spacial score (nSPS) is 14.2. The highest BCUT2D eigenvalue weighted by molar-refractivity contribution is 6.06. The van der Waals surface area contributed by atoms with Crippen molar-refractivity contribution in [1.29, 1.82) is 0 Å². The Bertz CT molecular complexity index is 915. The maximum absolute atomic E-state index is 12.8. The summed E-state index contributed by atoms with van der Waals surface area (Å²) in [4.78, 5) is 17.3. The Morgan fingerprint density at radius 1 is 1.23 bits per heavy atom. The van der Waals surface area contributed by atoms with E-state index < -0.39 is 0 Å². The van der Waals surface area contributed by atoms with E-state index in [1.54, 1.807) is 12.4 Å². The van der Waals surface area contributed by atoms with E-state index in [1.807, 2.05) is 41.9 Å². The summed E-state index contributed by atoms with van der Waals surface area (Å²) in [5.74, 6) is -0.116. The number of aryl methyl sites for hydroxylation is 1. The van der Waals surface area contributed by atoms with Gasteiger partial charge in [0.15, 0.2) is 5.65 Å². The van der Waals surface area contributed by atoms with Crippen LogP contribution in [-0.2, 0) is 13.1 Å². The molecule has 2 N–H and O–H groups in total. The van der Waals surface area contributed by atoms with Gasteiger partial charge < -0.3 is 10.6 Å². The summed E-state index contributed by atoms with van der Waals surface area (Å²) in [5.41, 5.74) is 3.32. The number of nitrogens with zero attached hydrogens (tertiary/aromatic N) is 3. The number of fused-ring (bicyclic) bond motifs is 1. The van der Waals surface area contributed by atoms with Crippen molar-refractivity contribution in [2.24, 2.45) is 0 Å². The van der Waals surface area contributed by atoms with E-state index in [1.165, 1.54) is 6.42 Å². The Hall–Kier alpha value is -2.89. The first-order valence-corrected chi connectivity index (χ1v) is 9.19. The van der Waals surface area contributed by atoms with Gasteiger partial charge in [0, 0.05) is 25.3 Å². The zero-order chi connectivity index (χ0) is 17.9. The zero-order valence-electron chi connectivity index (χ0n) is 14.9. The van der Waals surface area contributed by atoms with Crippen molar-refractivity contribution in [1.82, 2.24) is 20.1 Å². The van der Waals surface area contributed by atoms with Crippen LogP contribution in [0.25, 0.3) is 11.0 Å². The predicted molar refractivity (Wildman–Crippen MR) is 102 cm³/mol. The highest BCUT2D eigenvalue weighted by Gasteiger charge is 2.23. The summed E-state index contributed by atoms with van der Waals surface area (Å²) in [7, 11) is 0. The van der Waals surface area contributed by atoms with Gasteiger partial charge in [-0.05, 0) is 31.7 Å². The fourth-order valence-corrected chi connectivity index (χ4v) is 3.22. The van der Waals surface area contributed by atoms with Crippen LogP contribution in [-0.4, -0.2) is 26.7 Å². The molecule has 0 saturated heterocycles. The molecule has 3 aromatic rings. The van der Waals surface area contributed by atoms with E-state index in [2.05, 4.69) is 20.7 Å². The van der Waals surface area contributed by atoms with Crippen molar-refractivity contribution in [3.63, 3.8) is 0 Å². The van der Waals surface area contributed by atoms with Gasteiger partial charge in [0.05, 0.1) is 22.8 Å². The molecule has 6 nitrogen and oxygen atoms in total. The quantitative estimate of drug-likeness (QED) is 0.716. The van der Waals surface area contributed by atoms with Gasteiger partial charge in [-0.1, -0.05) is 30.3 Å². The number of nitrogens with one attached hydrogen (secondary N) is 2. The summed E-state index contributed by atoms with van der Waals surface area (Å²) < 4.78 is 1.85. The first kappa shape index (κ1) is 16.6. The van der Waals surface area contributed by atoms with Crippen molar-refractivity contribution in [2.75, 3.05) is 5.32 Å². The molecule has 0 bridgehead atoms. The van der Waals surface area contributed by atoms with Crippen molar-refractivity contribution in [3.8, 4) is 0 Å². The smallest absolute Gasteiger partial charge is 0.255 e. The van der Waals surface area contributed by atoms with Gasteiger partial charge in [-0.25, -0.2) is 9.67 Å². The van der Waals surface area contributed by atoms with Crippen LogP contribution in [0, 0.1) is 0 Å². The van der Waals surface area contributed by atoms with E-state index in [0.29, 0.717) is 18.2 Å². The number of rotatable bonds is 6. The molecule has 0 unspecified atom stereocenters. The lowest BCUT2D eigenvalue weighted by atomic mass is 9.92. The molecule has 2 heterocycles. The molecular weight excluding hydrogens is 326 g/mol. The lowest BCUT2D eigenvalue weighted by Crippen LogP contribution is -2.30. The minimum Gasteiger partial charge on any atom is -0.381 e. The third-order valence-corrected chi connectivity index (χ3v) is 4.96. The molecule has 4 rings (SSSR count). The fraction of sp³-hybridized carbons (Fsp3) is 0.350. The molecular formula is C20H23N5O. The predicted octanol–water partition coefficient (Wildman–Crippen LogP) is 3.35. The first-order chi connectivity index (χ1) is 12.8. The highest BCUT2D eigenvalue weighted by atomic mass is 16.1. The molecule has 134 valence electrons. The Morgan fingerprint density at radius 2 is 2.04 bits per heavy atom. The van der Waals surface area contributed by atoms with Crippen molar-refractivity contribution in [2.45, 2.75) is 45.3 Å². The molecule has 6 heteroatoms. The Kier molecular flexibility index (Phi) is 4.56. The van der Waals surface area contributed by atoms with Crippen LogP contribution in [0.5, 0.6) is 0 Å². The number of pyridine rings is 1. The molecule has 0 radical (unpaired) electrons. The summed E-state index contributed by atoms with van der Waals surface area (Å²) in [6.45, 7) is 3.28. The van der Waals surface area contributed by atoms with Gasteiger partial charge in [-0.15, -0.1) is 0 Å². The van der Waals surface area contributed by atoms with E-state index in [-0.39, 0.29) is 5.91 Å². The molecule has 0 aliphatic heterocycles. The second kappa shape index (κ2) is 7.15. The average Bonchev–Trinajstić information content (AvgIpc) is 3.07. The number of anilines is 1. The Balaban J connectivity index is 1.64. The van der Waals surface area contributed by atoms with E-state index in [9.17, 15) is 4.79 Å². The van der Waals surface area contributed by atoms with Crippen LogP contribution >= 0.6 is 0 Å². The minimum atomic E-state index is -0.116. The van der Waals surface area contributed by atoms with Crippen LogP contribution in [0.1, 0.15) is 42.1 Å². The number of aromatic nitrogens is 3. The topological polar surface area (TPSA) is 71.8 Å². The lowest BCUT2D eigenvalue weighted by molar-refractivity contribution is 0.0951. The van der Waals surface area contributed by atoms with Gasteiger partial charge in [0.2, 0.25) is 0 Å². The second-order valence-electron chi connectivity index (χ2n) is 6.68. The summed E-state index contributed by atoms with van der Waals surface area (Å²) in [5, 5.41) is 11.9. The van der Waals surface area contributed by atoms with E-state index >= 15 is 0 Å². The third kappa shape index (κ3) is 3.14. The number of hydrogen-bond acceptors (Lipinski definition) is 4. The maximum atomic E-state index is 12.8. The second-order valence-corrected chi connectivity index (χ2v) is 6.68. The largest absolute Gasteiger partial charge is 0.381 e. The summed E-state index contributed by atoms with van der Waals surface area (Å²) in [6, 6.07) is 10.3. The monoisotopic (exact) mass is 349 g/mol. The molecule has 1 aliphatic rings. The number of amides is 1. The van der Waals surface area contributed by atoms with Crippen LogP contribution in [0.4, 0.5) is 5.69 Å². The van der Waals surface area contributed by atoms with Crippen molar-refractivity contribution < 1.29 is 4.79 Å². The molecule has 26 heavy (non-hydrogen) atoms. The molecule has 1 saturated carbocycles. The van der Waals surface area contributed by atoms with Crippen LogP contribution in [0.3, 0.4) is 0 Å². The molecule has 1 aliphatic carbocycles. The molecule has 1 aromatic carbocycles. The SMILES string of the molecule is CCn1ncc2c(NC3CCC3)c(C(=O)NCc3ccccc3)cnc21. The van der Waals surface area contributed by atoms with E-state index in [0.717, 1.165) is 41.7 Å². The summed E-state index contributed by atoms with van der Waals surface area (Å²) >= 11 is 0. The van der Waals surface area contributed by atoms with Crippen LogP contribution in [0.2, 0.25) is 0 Å². The number of benzene rings is 1. The first-order valence-electron chi connectivity index (χ1n) is 9.19.